The maximum atomic E-state index is 12.3. The molecular weight excluding hydrogens is 406 g/mol. The molecule has 4 nitrogen and oxygen atoms in total. The summed E-state index contributed by atoms with van der Waals surface area (Å²) in [7, 11) is 1.79. The number of benzene rings is 2. The lowest BCUT2D eigenvalue weighted by Gasteiger charge is -2.32. The monoisotopic (exact) mass is 449 g/mol. The van der Waals surface area contributed by atoms with Gasteiger partial charge >= 0.3 is 0 Å². The average Bonchev–Trinajstić information content (AvgIpc) is 2.89. The van der Waals surface area contributed by atoms with Gasteiger partial charge in [-0.25, -0.2) is 0 Å². The number of nitrogens with one attached hydrogen (secondary N) is 1. The quantitative estimate of drug-likeness (QED) is 0.427. The maximum Gasteiger partial charge on any atom is 0.252 e. The first-order valence-electron chi connectivity index (χ1n) is 12.2. The van der Waals surface area contributed by atoms with Gasteiger partial charge in [0.15, 0.2) is 0 Å². The molecule has 0 bridgehead atoms. The second-order valence-electron chi connectivity index (χ2n) is 6.25. The topological polar surface area (TPSA) is 37.3 Å². The van der Waals surface area contributed by atoms with Gasteiger partial charge in [0.1, 0.15) is 0 Å². The van der Waals surface area contributed by atoms with Crippen molar-refractivity contribution >= 4 is 28.4 Å². The average molecular weight is 450 g/mol. The molecule has 33 heavy (non-hydrogen) atoms. The van der Waals surface area contributed by atoms with E-state index >= 15 is 0 Å². The molecule has 4 heteroatoms. The Bertz CT molecular complexity index is 1090. The highest BCUT2D eigenvalue weighted by molar-refractivity contribution is 5.93. The molecule has 2 aromatic carbocycles. The minimum Gasteiger partial charge on any atom is -0.311 e. The minimum absolute atomic E-state index is 0.0520. The van der Waals surface area contributed by atoms with Crippen LogP contribution < -0.4 is 16.0 Å². The van der Waals surface area contributed by atoms with Crippen LogP contribution >= 0.6 is 0 Å². The number of rotatable bonds is 2. The molecule has 1 aromatic heterocycles. The number of anilines is 2. The van der Waals surface area contributed by atoms with E-state index in [1.165, 1.54) is 5.56 Å². The molecule has 4 rings (SSSR count). The van der Waals surface area contributed by atoms with E-state index in [9.17, 15) is 4.79 Å². The summed E-state index contributed by atoms with van der Waals surface area (Å²) in [5, 5.41) is 2.92. The number of hydrogen-bond donors (Lipinski definition) is 1. The second-order valence-corrected chi connectivity index (χ2v) is 6.25. The largest absolute Gasteiger partial charge is 0.311 e. The summed E-state index contributed by atoms with van der Waals surface area (Å²) in [6, 6.07) is 15.7. The van der Waals surface area contributed by atoms with Crippen molar-refractivity contribution in [3.63, 3.8) is 0 Å². The summed E-state index contributed by atoms with van der Waals surface area (Å²) in [6.45, 7) is 22.2. The van der Waals surface area contributed by atoms with Crippen LogP contribution in [0.25, 0.3) is 17.0 Å². The normalized spacial score (nSPS) is 10.7. The predicted octanol–water partition coefficient (Wildman–Crippen LogP) is 8.33. The van der Waals surface area contributed by atoms with Crippen molar-refractivity contribution in [1.82, 2.24) is 4.57 Å². The first kappa shape index (κ1) is 29.7. The van der Waals surface area contributed by atoms with Gasteiger partial charge in [0.2, 0.25) is 0 Å². The van der Waals surface area contributed by atoms with E-state index in [4.69, 9.17) is 0 Å². The highest BCUT2D eigenvalue weighted by Crippen LogP contribution is 2.33. The molecule has 0 radical (unpaired) electrons. The highest BCUT2D eigenvalue weighted by atomic mass is 16.1. The van der Waals surface area contributed by atoms with Crippen molar-refractivity contribution in [2.75, 3.05) is 10.4 Å². The standard InChI is InChI=1S/C21H19N3O.4C2H6/c1-14-7-6-10-20-16(14)12-11-15(2)24(20)22-18-13-21(25)23(3)19-9-5-4-8-17(18)19;4*1-2/h4-13,22H,2H2,1,3H3;4*1-2H3. The summed E-state index contributed by atoms with van der Waals surface area (Å²) in [6.07, 6.45) is 4.05. The van der Waals surface area contributed by atoms with Crippen molar-refractivity contribution in [3.8, 4) is 0 Å². The van der Waals surface area contributed by atoms with E-state index in [-0.39, 0.29) is 5.56 Å². The third-order valence-corrected chi connectivity index (χ3v) is 4.66. The number of allylic oxidation sites excluding steroid dienone is 1. The number of pyridine rings is 1. The number of nitrogens with zero attached hydrogens (tertiary/aromatic N) is 2. The van der Waals surface area contributed by atoms with Crippen LogP contribution in [0, 0.1) is 6.92 Å². The van der Waals surface area contributed by atoms with Crippen molar-refractivity contribution < 1.29 is 0 Å². The Morgan fingerprint density at radius 3 is 2.06 bits per heavy atom. The van der Waals surface area contributed by atoms with Crippen LogP contribution in [-0.4, -0.2) is 4.57 Å². The third kappa shape index (κ3) is 6.85. The molecule has 180 valence electrons. The van der Waals surface area contributed by atoms with Crippen LogP contribution in [-0.2, 0) is 7.05 Å². The van der Waals surface area contributed by atoms with Crippen LogP contribution in [0.3, 0.4) is 0 Å². The number of fused-ring (bicyclic) bond motifs is 2. The summed E-state index contributed by atoms with van der Waals surface area (Å²) in [4.78, 5) is 12.3. The molecule has 0 saturated heterocycles. The van der Waals surface area contributed by atoms with Crippen LogP contribution in [0.1, 0.15) is 66.5 Å². The molecule has 3 aromatic rings. The number of para-hydroxylation sites is 1. The van der Waals surface area contributed by atoms with E-state index in [0.717, 1.165) is 33.5 Å². The molecule has 1 aliphatic heterocycles. The molecule has 0 atom stereocenters. The summed E-state index contributed by atoms with van der Waals surface area (Å²) < 4.78 is 1.66. The fourth-order valence-electron chi connectivity index (χ4n) is 3.24. The van der Waals surface area contributed by atoms with Crippen molar-refractivity contribution in [2.24, 2.45) is 7.05 Å². The van der Waals surface area contributed by atoms with E-state index in [2.05, 4.69) is 31.1 Å². The van der Waals surface area contributed by atoms with Gasteiger partial charge in [0, 0.05) is 24.1 Å². The van der Waals surface area contributed by atoms with Gasteiger partial charge < -0.3 is 4.57 Å². The lowest BCUT2D eigenvalue weighted by Crippen LogP contribution is -2.31. The molecule has 0 fully saturated rings. The van der Waals surface area contributed by atoms with E-state index < -0.39 is 0 Å². The lowest BCUT2D eigenvalue weighted by atomic mass is 10.0. The predicted molar refractivity (Wildman–Crippen MR) is 150 cm³/mol. The first-order chi connectivity index (χ1) is 16.1. The van der Waals surface area contributed by atoms with Gasteiger partial charge in [-0.05, 0) is 30.7 Å². The minimum atomic E-state index is -0.0520. The van der Waals surface area contributed by atoms with Crippen LogP contribution in [0.5, 0.6) is 0 Å². The van der Waals surface area contributed by atoms with Gasteiger partial charge in [-0.3, -0.25) is 15.2 Å². The molecule has 0 aliphatic carbocycles. The molecule has 1 N–H and O–H groups in total. The number of hydrazine groups is 1. The van der Waals surface area contributed by atoms with Crippen molar-refractivity contribution in [3.05, 3.63) is 88.4 Å². The second kappa shape index (κ2) is 15.5. The fraction of sp³-hybridized carbons (Fsp3) is 0.345. The Balaban J connectivity index is 0.00000116. The lowest BCUT2D eigenvalue weighted by molar-refractivity contribution is 0.905. The van der Waals surface area contributed by atoms with Gasteiger partial charge in [0.05, 0.1) is 22.6 Å². The molecule has 0 unspecified atom stereocenters. The smallest absolute Gasteiger partial charge is 0.252 e. The zero-order valence-electron chi connectivity index (χ0n) is 22.3. The van der Waals surface area contributed by atoms with Gasteiger partial charge in [0.25, 0.3) is 5.56 Å². The zero-order valence-corrected chi connectivity index (χ0v) is 22.3. The van der Waals surface area contributed by atoms with E-state index in [1.54, 1.807) is 17.7 Å². The van der Waals surface area contributed by atoms with Crippen LogP contribution in [0.2, 0.25) is 0 Å². The number of aryl methyl sites for hydroxylation is 2. The Morgan fingerprint density at radius 2 is 1.42 bits per heavy atom. The Morgan fingerprint density at radius 1 is 0.818 bits per heavy atom. The number of hydrogen-bond acceptors (Lipinski definition) is 3. The summed E-state index contributed by atoms with van der Waals surface area (Å²) in [5.74, 6) is 0. The summed E-state index contributed by atoms with van der Waals surface area (Å²) >= 11 is 0. The Hall–Kier alpha value is -3.27. The third-order valence-electron chi connectivity index (χ3n) is 4.66. The first-order valence-corrected chi connectivity index (χ1v) is 12.2. The molecular formula is C29H43N3O. The maximum absolute atomic E-state index is 12.3. The molecule has 0 spiro atoms. The molecule has 2 heterocycles. The highest BCUT2D eigenvalue weighted by Gasteiger charge is 2.18. The Labute approximate surface area is 201 Å². The van der Waals surface area contributed by atoms with Crippen LogP contribution in [0.15, 0.2) is 71.7 Å². The van der Waals surface area contributed by atoms with Crippen molar-refractivity contribution in [2.45, 2.75) is 62.3 Å². The number of aromatic nitrogens is 1. The van der Waals surface area contributed by atoms with Crippen molar-refractivity contribution in [1.29, 1.82) is 0 Å². The van der Waals surface area contributed by atoms with Gasteiger partial charge in [-0.1, -0.05) is 98.4 Å². The summed E-state index contributed by atoms with van der Waals surface area (Å²) in [5.41, 5.74) is 9.19. The molecule has 0 amide bonds. The van der Waals surface area contributed by atoms with Gasteiger partial charge in [-0.2, -0.15) is 0 Å². The van der Waals surface area contributed by atoms with E-state index in [1.807, 2.05) is 103 Å². The van der Waals surface area contributed by atoms with E-state index in [0.29, 0.717) is 0 Å². The fourth-order valence-corrected chi connectivity index (χ4v) is 3.24. The van der Waals surface area contributed by atoms with Crippen LogP contribution in [0.4, 0.5) is 11.4 Å². The zero-order chi connectivity index (χ0) is 25.6. The molecule has 0 saturated carbocycles. The Kier molecular flexibility index (Phi) is 14.0. The van der Waals surface area contributed by atoms with Gasteiger partial charge in [-0.15, -0.1) is 0 Å². The SMILES string of the molecule is C=C1C=Cc2c(C)cccc2N1Nc1cc(=O)n(C)c2ccccc12.CC.CC.CC.CC. The molecule has 1 aliphatic rings.